The van der Waals surface area contributed by atoms with Gasteiger partial charge in [-0.05, 0) is 44.2 Å². The zero-order chi connectivity index (χ0) is 14.3. The molecule has 0 aliphatic carbocycles. The van der Waals surface area contributed by atoms with Gasteiger partial charge in [0.15, 0.2) is 0 Å². The molecule has 2 aromatic rings. The zero-order valence-electron chi connectivity index (χ0n) is 12.1. The van der Waals surface area contributed by atoms with Crippen LogP contribution < -0.4 is 5.32 Å². The number of carbonyl (C=O) groups is 1. The molecule has 0 fully saturated rings. The van der Waals surface area contributed by atoms with Crippen molar-refractivity contribution in [3.63, 3.8) is 0 Å². The highest BCUT2D eigenvalue weighted by Crippen LogP contribution is 2.26. The molecule has 4 nitrogen and oxygen atoms in total. The first kappa shape index (κ1) is 13.0. The average molecular weight is 272 g/mol. The Morgan fingerprint density at radius 1 is 1.35 bits per heavy atom. The van der Waals surface area contributed by atoms with Crippen molar-refractivity contribution in [1.29, 1.82) is 0 Å². The predicted octanol–water partition coefficient (Wildman–Crippen LogP) is 3.09. The van der Waals surface area contributed by atoms with Crippen LogP contribution in [-0.4, -0.2) is 22.3 Å². The van der Waals surface area contributed by atoms with Crippen LogP contribution in [0.3, 0.4) is 0 Å². The van der Waals surface area contributed by atoms with Crippen LogP contribution >= 0.6 is 0 Å². The highest BCUT2D eigenvalue weighted by Gasteiger charge is 2.24. The maximum Gasteiger partial charge on any atom is 0.407 e. The second kappa shape index (κ2) is 4.54. The molecule has 1 aliphatic heterocycles. The summed E-state index contributed by atoms with van der Waals surface area (Å²) in [4.78, 5) is 11.9. The van der Waals surface area contributed by atoms with Crippen LogP contribution in [0.5, 0.6) is 0 Å². The number of alkyl carbamates (subject to hydrolysis) is 1. The number of benzene rings is 1. The van der Waals surface area contributed by atoms with Gasteiger partial charge in [0.2, 0.25) is 0 Å². The SMILES string of the molecule is CC(C)(C)OC(=O)N[C@@H]1Cc2cccc3ccn(c23)C1. The van der Waals surface area contributed by atoms with Crippen LogP contribution in [0.15, 0.2) is 30.5 Å². The third-order valence-corrected chi connectivity index (χ3v) is 3.48. The molecule has 0 bridgehead atoms. The Kier molecular flexibility index (Phi) is 2.96. The Morgan fingerprint density at radius 2 is 2.15 bits per heavy atom. The molecule has 3 rings (SSSR count). The van der Waals surface area contributed by atoms with Crippen LogP contribution in [0.25, 0.3) is 10.9 Å². The summed E-state index contributed by atoms with van der Waals surface area (Å²) in [6.45, 7) is 6.41. The highest BCUT2D eigenvalue weighted by molar-refractivity contribution is 5.84. The number of aromatic nitrogens is 1. The maximum atomic E-state index is 11.9. The molecular formula is C16H20N2O2. The van der Waals surface area contributed by atoms with Crippen LogP contribution in [0.4, 0.5) is 4.79 Å². The molecule has 0 spiro atoms. The number of nitrogens with zero attached hydrogens (tertiary/aromatic N) is 1. The molecule has 1 aromatic carbocycles. The molecule has 1 N–H and O–H groups in total. The van der Waals surface area contributed by atoms with E-state index in [1.165, 1.54) is 16.5 Å². The first-order chi connectivity index (χ1) is 9.42. The Hall–Kier alpha value is -1.97. The maximum absolute atomic E-state index is 11.9. The van der Waals surface area contributed by atoms with Gasteiger partial charge < -0.3 is 14.6 Å². The Bertz CT molecular complexity index is 652. The van der Waals surface area contributed by atoms with E-state index >= 15 is 0 Å². The molecule has 1 atom stereocenters. The minimum atomic E-state index is -0.461. The third kappa shape index (κ3) is 2.50. The smallest absolute Gasteiger partial charge is 0.407 e. The molecule has 0 unspecified atom stereocenters. The molecule has 4 heteroatoms. The van der Waals surface area contributed by atoms with Gasteiger partial charge in [0.25, 0.3) is 0 Å². The van der Waals surface area contributed by atoms with Gasteiger partial charge in [0.05, 0.1) is 11.6 Å². The second-order valence-corrected chi connectivity index (χ2v) is 6.37. The summed E-state index contributed by atoms with van der Waals surface area (Å²) >= 11 is 0. The number of rotatable bonds is 1. The van der Waals surface area contributed by atoms with Gasteiger partial charge >= 0.3 is 6.09 Å². The minimum Gasteiger partial charge on any atom is -0.444 e. The first-order valence-electron chi connectivity index (χ1n) is 6.99. The van der Waals surface area contributed by atoms with Crippen molar-refractivity contribution in [3.8, 4) is 0 Å². The van der Waals surface area contributed by atoms with Crippen LogP contribution in [0.1, 0.15) is 26.3 Å². The molecule has 2 heterocycles. The van der Waals surface area contributed by atoms with E-state index in [0.717, 1.165) is 13.0 Å². The fourth-order valence-corrected chi connectivity index (χ4v) is 2.80. The molecule has 1 aliphatic rings. The van der Waals surface area contributed by atoms with Crippen molar-refractivity contribution in [3.05, 3.63) is 36.0 Å². The summed E-state index contributed by atoms with van der Waals surface area (Å²) in [7, 11) is 0. The number of nitrogens with one attached hydrogen (secondary N) is 1. The third-order valence-electron chi connectivity index (χ3n) is 3.48. The van der Waals surface area contributed by atoms with E-state index in [1.807, 2.05) is 20.8 Å². The number of hydrogen-bond donors (Lipinski definition) is 1. The van der Waals surface area contributed by atoms with Gasteiger partial charge in [-0.15, -0.1) is 0 Å². The Morgan fingerprint density at radius 3 is 2.90 bits per heavy atom. The molecule has 1 amide bonds. The fraction of sp³-hybridized carbons (Fsp3) is 0.438. The van der Waals surface area contributed by atoms with E-state index in [2.05, 4.69) is 40.3 Å². The van der Waals surface area contributed by atoms with Gasteiger partial charge in [-0.2, -0.15) is 0 Å². The lowest BCUT2D eigenvalue weighted by molar-refractivity contribution is 0.0498. The predicted molar refractivity (Wildman–Crippen MR) is 78.8 cm³/mol. The van der Waals surface area contributed by atoms with Gasteiger partial charge in [-0.1, -0.05) is 18.2 Å². The van der Waals surface area contributed by atoms with Gasteiger partial charge in [-0.3, -0.25) is 0 Å². The van der Waals surface area contributed by atoms with Crippen molar-refractivity contribution in [2.45, 2.75) is 45.4 Å². The minimum absolute atomic E-state index is 0.0790. The largest absolute Gasteiger partial charge is 0.444 e. The van der Waals surface area contributed by atoms with Crippen molar-refractivity contribution < 1.29 is 9.53 Å². The molecule has 106 valence electrons. The van der Waals surface area contributed by atoms with Gasteiger partial charge in [-0.25, -0.2) is 4.79 Å². The Labute approximate surface area is 118 Å². The number of ether oxygens (including phenoxy) is 1. The van der Waals surface area contributed by atoms with E-state index in [4.69, 9.17) is 4.74 Å². The zero-order valence-corrected chi connectivity index (χ0v) is 12.1. The topological polar surface area (TPSA) is 43.3 Å². The summed E-state index contributed by atoms with van der Waals surface area (Å²) in [6, 6.07) is 8.51. The molecule has 0 saturated heterocycles. The highest BCUT2D eigenvalue weighted by atomic mass is 16.6. The molecule has 0 saturated carbocycles. The van der Waals surface area contributed by atoms with Crippen molar-refractivity contribution >= 4 is 17.0 Å². The number of amides is 1. The summed E-state index contributed by atoms with van der Waals surface area (Å²) in [5.41, 5.74) is 2.10. The summed E-state index contributed by atoms with van der Waals surface area (Å²) in [5.74, 6) is 0. The lowest BCUT2D eigenvalue weighted by atomic mass is 10.0. The summed E-state index contributed by atoms with van der Waals surface area (Å²) in [5, 5.41) is 4.23. The number of para-hydroxylation sites is 1. The number of hydrogen-bond acceptors (Lipinski definition) is 2. The Balaban J connectivity index is 1.75. The second-order valence-electron chi connectivity index (χ2n) is 6.37. The van der Waals surface area contributed by atoms with Crippen molar-refractivity contribution in [2.24, 2.45) is 0 Å². The van der Waals surface area contributed by atoms with E-state index in [1.54, 1.807) is 0 Å². The standard InChI is InChI=1S/C16H20N2O2/c1-16(2,3)20-15(19)17-13-9-12-6-4-5-11-7-8-18(10-13)14(11)12/h4-8,13H,9-10H2,1-3H3,(H,17,19)/t13-/m1/s1. The van der Waals surface area contributed by atoms with Gasteiger partial charge in [0, 0.05) is 12.7 Å². The van der Waals surface area contributed by atoms with Crippen molar-refractivity contribution in [1.82, 2.24) is 9.88 Å². The molecule has 1 aromatic heterocycles. The fourth-order valence-electron chi connectivity index (χ4n) is 2.80. The van der Waals surface area contributed by atoms with Gasteiger partial charge in [0.1, 0.15) is 5.60 Å². The molecule has 0 radical (unpaired) electrons. The molecule has 20 heavy (non-hydrogen) atoms. The lowest BCUT2D eigenvalue weighted by Crippen LogP contribution is -2.43. The van der Waals surface area contributed by atoms with Crippen LogP contribution in [-0.2, 0) is 17.7 Å². The van der Waals surface area contributed by atoms with Crippen LogP contribution in [0.2, 0.25) is 0 Å². The number of carbonyl (C=O) groups excluding carboxylic acids is 1. The van der Waals surface area contributed by atoms with Crippen LogP contribution in [0, 0.1) is 0 Å². The monoisotopic (exact) mass is 272 g/mol. The average Bonchev–Trinajstić information content (AvgIpc) is 2.72. The van der Waals surface area contributed by atoms with E-state index in [-0.39, 0.29) is 12.1 Å². The summed E-state index contributed by atoms with van der Waals surface area (Å²) in [6.07, 6.45) is 2.59. The lowest BCUT2D eigenvalue weighted by Gasteiger charge is -2.27. The normalized spacial score (nSPS) is 18.1. The van der Waals surface area contributed by atoms with E-state index in [0.29, 0.717) is 0 Å². The van der Waals surface area contributed by atoms with Crippen molar-refractivity contribution in [2.75, 3.05) is 0 Å². The first-order valence-corrected chi connectivity index (χ1v) is 6.99. The molecular weight excluding hydrogens is 252 g/mol. The van der Waals surface area contributed by atoms with E-state index in [9.17, 15) is 4.79 Å². The summed E-state index contributed by atoms with van der Waals surface area (Å²) < 4.78 is 7.53. The quantitative estimate of drug-likeness (QED) is 0.867. The van der Waals surface area contributed by atoms with E-state index < -0.39 is 5.60 Å².